The molecule has 5 heteroatoms. The lowest BCUT2D eigenvalue weighted by Gasteiger charge is -1.91. The van der Waals surface area contributed by atoms with Crippen LogP contribution in [0.3, 0.4) is 0 Å². The van der Waals surface area contributed by atoms with Gasteiger partial charge in [-0.15, -0.1) is 10.7 Å². The summed E-state index contributed by atoms with van der Waals surface area (Å²) >= 11 is 0. The molecule has 0 aliphatic carbocycles. The standard InChI is InChI=1S/C13H14N4O/c1-2-4-6-8-10-12-14-15-16-17-18-13-11-9-7-5-3-1/h1-13H,(H,15,17). The molecule has 1 aliphatic heterocycles. The first-order chi connectivity index (χ1) is 9.00. The third kappa shape index (κ3) is 8.60. The molecule has 1 rings (SSSR count). The average molecular weight is 242 g/mol. The van der Waals surface area contributed by atoms with Crippen LogP contribution in [0.25, 0.3) is 0 Å². The monoisotopic (exact) mass is 242 g/mol. The van der Waals surface area contributed by atoms with Crippen molar-refractivity contribution in [1.82, 2.24) is 5.59 Å². The van der Waals surface area contributed by atoms with Crippen LogP contribution in [0.2, 0.25) is 0 Å². The molecule has 0 atom stereocenters. The highest BCUT2D eigenvalue weighted by Crippen LogP contribution is 1.85. The Morgan fingerprint density at radius 1 is 0.667 bits per heavy atom. The fourth-order valence-corrected chi connectivity index (χ4v) is 0.878. The summed E-state index contributed by atoms with van der Waals surface area (Å²) in [6.07, 6.45) is 23.4. The summed E-state index contributed by atoms with van der Waals surface area (Å²) in [6, 6.07) is 0. The van der Waals surface area contributed by atoms with E-state index in [2.05, 4.69) is 21.1 Å². The molecule has 0 fully saturated rings. The number of allylic oxidation sites excluding steroid dienone is 11. The van der Waals surface area contributed by atoms with E-state index in [4.69, 9.17) is 4.84 Å². The maximum absolute atomic E-state index is 4.80. The van der Waals surface area contributed by atoms with Crippen LogP contribution in [0.15, 0.2) is 88.6 Å². The zero-order valence-corrected chi connectivity index (χ0v) is 9.76. The second-order valence-electron chi connectivity index (χ2n) is 2.92. The van der Waals surface area contributed by atoms with Gasteiger partial charge in [0.15, 0.2) is 0 Å². The largest absolute Gasteiger partial charge is 0.372 e. The van der Waals surface area contributed by atoms with E-state index in [0.717, 1.165) is 0 Å². The van der Waals surface area contributed by atoms with Crippen molar-refractivity contribution in [2.24, 2.45) is 15.5 Å². The molecule has 18 heavy (non-hydrogen) atoms. The molecule has 92 valence electrons. The van der Waals surface area contributed by atoms with Gasteiger partial charge >= 0.3 is 0 Å². The molecule has 0 unspecified atom stereocenters. The van der Waals surface area contributed by atoms with Crippen molar-refractivity contribution in [1.29, 1.82) is 0 Å². The van der Waals surface area contributed by atoms with Crippen LogP contribution in [0, 0.1) is 0 Å². The van der Waals surface area contributed by atoms with Crippen LogP contribution in [0.5, 0.6) is 0 Å². The molecule has 0 bridgehead atoms. The maximum Gasteiger partial charge on any atom is 0.121 e. The van der Waals surface area contributed by atoms with Crippen molar-refractivity contribution >= 4 is 6.21 Å². The second kappa shape index (κ2) is 10.8. The molecule has 1 N–H and O–H groups in total. The fourth-order valence-electron chi connectivity index (χ4n) is 0.878. The molecule has 0 aromatic carbocycles. The third-order valence-electron chi connectivity index (χ3n) is 1.60. The van der Waals surface area contributed by atoms with Gasteiger partial charge < -0.3 is 4.84 Å². The molecule has 0 amide bonds. The molecule has 1 heterocycles. The minimum Gasteiger partial charge on any atom is -0.372 e. The Hall–Kier alpha value is -2.69. The van der Waals surface area contributed by atoms with Crippen LogP contribution in [-0.4, -0.2) is 6.21 Å². The number of rotatable bonds is 0. The molecule has 0 radical (unpaired) electrons. The van der Waals surface area contributed by atoms with Gasteiger partial charge in [0.1, 0.15) is 6.26 Å². The van der Waals surface area contributed by atoms with Gasteiger partial charge in [-0.25, -0.2) is 0 Å². The first kappa shape index (κ1) is 13.4. The van der Waals surface area contributed by atoms with Gasteiger partial charge in [0, 0.05) is 0 Å². The Morgan fingerprint density at radius 2 is 1.22 bits per heavy atom. The van der Waals surface area contributed by atoms with Crippen molar-refractivity contribution in [2.75, 3.05) is 0 Å². The zero-order valence-electron chi connectivity index (χ0n) is 9.76. The predicted molar refractivity (Wildman–Crippen MR) is 72.4 cm³/mol. The average Bonchev–Trinajstić information content (AvgIpc) is 2.39. The van der Waals surface area contributed by atoms with E-state index < -0.39 is 0 Å². The number of hydrogen-bond acceptors (Lipinski definition) is 5. The summed E-state index contributed by atoms with van der Waals surface area (Å²) in [5.41, 5.74) is 2.25. The molecular formula is C13H14N4O. The zero-order chi connectivity index (χ0) is 12.7. The maximum atomic E-state index is 4.80. The quantitative estimate of drug-likeness (QED) is 0.709. The van der Waals surface area contributed by atoms with Crippen LogP contribution in [-0.2, 0) is 4.84 Å². The van der Waals surface area contributed by atoms with Crippen LogP contribution in [0.1, 0.15) is 0 Å². The Morgan fingerprint density at radius 3 is 1.89 bits per heavy atom. The Kier molecular flexibility index (Phi) is 8.04. The van der Waals surface area contributed by atoms with Gasteiger partial charge in [0.2, 0.25) is 0 Å². The minimum absolute atomic E-state index is 1.44. The van der Waals surface area contributed by atoms with E-state index in [9.17, 15) is 0 Å². The van der Waals surface area contributed by atoms with E-state index in [0.29, 0.717) is 0 Å². The van der Waals surface area contributed by atoms with Crippen molar-refractivity contribution in [3.05, 3.63) is 73.1 Å². The highest BCUT2D eigenvalue weighted by Gasteiger charge is 1.71. The Bertz CT molecular complexity index is 398. The highest BCUT2D eigenvalue weighted by atomic mass is 16.7. The van der Waals surface area contributed by atoms with Gasteiger partial charge in [-0.05, 0) is 22.6 Å². The number of hydrogen-bond donors (Lipinski definition) is 1. The highest BCUT2D eigenvalue weighted by molar-refractivity contribution is 5.71. The third-order valence-corrected chi connectivity index (χ3v) is 1.60. The number of nitrogens with one attached hydrogen (secondary N) is 1. The molecular weight excluding hydrogens is 228 g/mol. The van der Waals surface area contributed by atoms with Gasteiger partial charge in [-0.1, -0.05) is 54.7 Å². The summed E-state index contributed by atoms with van der Waals surface area (Å²) in [5.74, 6) is 0. The summed E-state index contributed by atoms with van der Waals surface area (Å²) in [6.45, 7) is 0. The summed E-state index contributed by atoms with van der Waals surface area (Å²) in [5, 5.41) is 10.5. The van der Waals surface area contributed by atoms with E-state index in [1.165, 1.54) is 12.5 Å². The number of nitrogens with zero attached hydrogens (tertiary/aromatic N) is 3. The van der Waals surface area contributed by atoms with Crippen molar-refractivity contribution in [3.8, 4) is 0 Å². The summed E-state index contributed by atoms with van der Waals surface area (Å²) in [4.78, 5) is 4.80. The minimum atomic E-state index is 1.44. The van der Waals surface area contributed by atoms with Crippen LogP contribution in [0.4, 0.5) is 0 Å². The van der Waals surface area contributed by atoms with E-state index >= 15 is 0 Å². The molecule has 5 nitrogen and oxygen atoms in total. The van der Waals surface area contributed by atoms with Gasteiger partial charge in [0.25, 0.3) is 0 Å². The fraction of sp³-hybridized carbons (Fsp3) is 0. The normalized spacial score (nSPS) is 16.0. The van der Waals surface area contributed by atoms with Gasteiger partial charge in [-0.3, -0.25) is 0 Å². The molecule has 0 saturated heterocycles. The van der Waals surface area contributed by atoms with E-state index in [1.807, 2.05) is 54.7 Å². The second-order valence-corrected chi connectivity index (χ2v) is 2.92. The van der Waals surface area contributed by atoms with Crippen molar-refractivity contribution < 1.29 is 4.84 Å². The molecule has 0 saturated carbocycles. The molecule has 0 spiro atoms. The van der Waals surface area contributed by atoms with Crippen LogP contribution >= 0.6 is 0 Å². The molecule has 1 aliphatic rings. The van der Waals surface area contributed by atoms with Crippen molar-refractivity contribution in [3.63, 3.8) is 0 Å². The lowest BCUT2D eigenvalue weighted by Crippen LogP contribution is -1.98. The van der Waals surface area contributed by atoms with Gasteiger partial charge in [0.05, 0.1) is 6.21 Å². The predicted octanol–water partition coefficient (Wildman–Crippen LogP) is 3.17. The Labute approximate surface area is 106 Å². The smallest absolute Gasteiger partial charge is 0.121 e. The first-order valence-corrected chi connectivity index (χ1v) is 5.32. The molecule has 0 aromatic rings. The van der Waals surface area contributed by atoms with Gasteiger partial charge in [-0.2, -0.15) is 0 Å². The van der Waals surface area contributed by atoms with Crippen molar-refractivity contribution in [2.45, 2.75) is 0 Å². The lowest BCUT2D eigenvalue weighted by atomic mass is 10.3. The Balaban J connectivity index is 2.58. The van der Waals surface area contributed by atoms with E-state index in [1.54, 1.807) is 12.2 Å². The van der Waals surface area contributed by atoms with Crippen LogP contribution < -0.4 is 5.59 Å². The van der Waals surface area contributed by atoms with E-state index in [-0.39, 0.29) is 0 Å². The summed E-state index contributed by atoms with van der Waals surface area (Å²) in [7, 11) is 0. The first-order valence-electron chi connectivity index (χ1n) is 5.32. The lowest BCUT2D eigenvalue weighted by molar-refractivity contribution is 0.130. The SMILES string of the molecule is C1=CC=CC=CC=NN=NNOC=CC=CC=C1. The molecule has 0 aromatic heterocycles. The summed E-state index contributed by atoms with van der Waals surface area (Å²) < 4.78 is 0. The topological polar surface area (TPSA) is 58.3 Å².